The first kappa shape index (κ1) is 31.8. The van der Waals surface area contributed by atoms with Crippen LogP contribution in [0.1, 0.15) is 34.5 Å². The molecule has 1 N–H and O–H groups in total. The SMILES string of the molecule is COc1ccc(Cn2cc(C(=O)Nc3cccc(-c4ccc(OC5CCN(C)CC5)cc4-c4cccc(C(F)(F)F)c4)c3)nn2)cc1. The molecule has 1 aliphatic heterocycles. The molecule has 2 heterocycles. The van der Waals surface area contributed by atoms with E-state index in [0.717, 1.165) is 49.4 Å². The van der Waals surface area contributed by atoms with E-state index in [9.17, 15) is 18.0 Å². The van der Waals surface area contributed by atoms with E-state index >= 15 is 0 Å². The third-order valence-electron chi connectivity index (χ3n) is 8.17. The number of halogens is 3. The molecule has 6 rings (SSSR count). The fraction of sp³-hybridized carbons (Fsp3) is 0.250. The van der Waals surface area contributed by atoms with Crippen molar-refractivity contribution >= 4 is 11.6 Å². The molecule has 0 unspecified atom stereocenters. The Morgan fingerprint density at radius 1 is 0.894 bits per heavy atom. The summed E-state index contributed by atoms with van der Waals surface area (Å²) in [5.74, 6) is 0.898. The molecule has 8 nitrogen and oxygen atoms in total. The minimum absolute atomic E-state index is 0.0270. The van der Waals surface area contributed by atoms with Crippen molar-refractivity contribution in [2.45, 2.75) is 31.7 Å². The number of ether oxygens (including phenoxy) is 2. The van der Waals surface area contributed by atoms with Crippen molar-refractivity contribution in [2.24, 2.45) is 0 Å². The van der Waals surface area contributed by atoms with E-state index in [1.807, 2.05) is 42.5 Å². The second-order valence-corrected chi connectivity index (χ2v) is 11.6. The molecule has 47 heavy (non-hydrogen) atoms. The number of nitrogens with one attached hydrogen (secondary N) is 1. The second kappa shape index (κ2) is 13.7. The van der Waals surface area contributed by atoms with Crippen molar-refractivity contribution in [2.75, 3.05) is 32.6 Å². The number of hydrogen-bond donors (Lipinski definition) is 1. The molecule has 4 aromatic carbocycles. The Morgan fingerprint density at radius 3 is 2.32 bits per heavy atom. The van der Waals surface area contributed by atoms with Crippen molar-refractivity contribution in [3.63, 3.8) is 0 Å². The van der Waals surface area contributed by atoms with Gasteiger partial charge in [0.05, 0.1) is 25.4 Å². The number of benzene rings is 4. The lowest BCUT2D eigenvalue weighted by atomic mass is 9.93. The van der Waals surface area contributed by atoms with Crippen LogP contribution in [0.3, 0.4) is 0 Å². The van der Waals surface area contributed by atoms with Crippen LogP contribution in [0.2, 0.25) is 0 Å². The molecule has 0 atom stereocenters. The van der Waals surface area contributed by atoms with Crippen LogP contribution >= 0.6 is 0 Å². The van der Waals surface area contributed by atoms with E-state index < -0.39 is 17.6 Å². The number of rotatable bonds is 9. The second-order valence-electron chi connectivity index (χ2n) is 11.6. The van der Waals surface area contributed by atoms with Crippen molar-refractivity contribution in [1.29, 1.82) is 0 Å². The number of piperidine rings is 1. The Balaban J connectivity index is 1.25. The lowest BCUT2D eigenvalue weighted by Gasteiger charge is -2.29. The maximum atomic E-state index is 13.7. The molecule has 0 saturated carbocycles. The zero-order valence-electron chi connectivity index (χ0n) is 26.0. The Morgan fingerprint density at radius 2 is 1.60 bits per heavy atom. The number of nitrogens with zero attached hydrogens (tertiary/aromatic N) is 4. The van der Waals surface area contributed by atoms with Gasteiger partial charge in [0.25, 0.3) is 5.91 Å². The molecule has 1 saturated heterocycles. The molecule has 0 aliphatic carbocycles. The van der Waals surface area contributed by atoms with Gasteiger partial charge in [-0.1, -0.05) is 47.7 Å². The fourth-order valence-electron chi connectivity index (χ4n) is 5.60. The monoisotopic (exact) mass is 641 g/mol. The number of hydrogen-bond acceptors (Lipinski definition) is 6. The van der Waals surface area contributed by atoms with Crippen LogP contribution in [0.15, 0.2) is 97.2 Å². The summed E-state index contributed by atoms with van der Waals surface area (Å²) in [6.07, 6.45) is -1.15. The van der Waals surface area contributed by atoms with Gasteiger partial charge in [-0.3, -0.25) is 4.79 Å². The van der Waals surface area contributed by atoms with E-state index in [-0.39, 0.29) is 11.8 Å². The first-order chi connectivity index (χ1) is 22.6. The number of carbonyl (C=O) groups excluding carboxylic acids is 1. The summed E-state index contributed by atoms with van der Waals surface area (Å²) >= 11 is 0. The predicted octanol–water partition coefficient (Wildman–Crippen LogP) is 7.41. The Kier molecular flexibility index (Phi) is 9.26. The Bertz CT molecular complexity index is 1850. The lowest BCUT2D eigenvalue weighted by Crippen LogP contribution is -2.35. The number of methoxy groups -OCH3 is 1. The number of anilines is 1. The molecule has 0 radical (unpaired) electrons. The molecule has 242 valence electrons. The van der Waals surface area contributed by atoms with Gasteiger partial charge in [0, 0.05) is 18.8 Å². The van der Waals surface area contributed by atoms with Gasteiger partial charge in [0.1, 0.15) is 17.6 Å². The maximum absolute atomic E-state index is 13.7. The summed E-state index contributed by atoms with van der Waals surface area (Å²) in [5, 5.41) is 11.0. The molecular weight excluding hydrogens is 607 g/mol. The summed E-state index contributed by atoms with van der Waals surface area (Å²) in [6.45, 7) is 2.26. The number of likely N-dealkylation sites (tertiary alicyclic amines) is 1. The van der Waals surface area contributed by atoms with Crippen molar-refractivity contribution in [3.8, 4) is 33.8 Å². The standard InChI is InChI=1S/C36H34F3N5O3/c1-43-17-15-30(16-18-43)47-31-13-14-32(33(21-31)25-5-3-7-27(19-25)36(37,38)39)26-6-4-8-28(20-26)40-35(45)34-23-44(42-41-34)22-24-9-11-29(46-2)12-10-24/h3-14,19-21,23,30H,15-18,22H2,1-2H3,(H,40,45). The molecule has 0 spiro atoms. The Hall–Kier alpha value is -5.16. The smallest absolute Gasteiger partial charge is 0.416 e. The molecular formula is C36H34F3N5O3. The van der Waals surface area contributed by atoms with Gasteiger partial charge >= 0.3 is 6.18 Å². The summed E-state index contributed by atoms with van der Waals surface area (Å²) in [5.41, 5.74) is 3.28. The third kappa shape index (κ3) is 7.81. The van der Waals surface area contributed by atoms with Crippen LogP contribution in [0, 0.1) is 0 Å². The third-order valence-corrected chi connectivity index (χ3v) is 8.17. The molecule has 5 aromatic rings. The average molecular weight is 642 g/mol. The largest absolute Gasteiger partial charge is 0.497 e. The van der Waals surface area contributed by atoms with Crippen molar-refractivity contribution in [3.05, 3.63) is 114 Å². The van der Waals surface area contributed by atoms with Gasteiger partial charge in [-0.25, -0.2) is 4.68 Å². The van der Waals surface area contributed by atoms with Gasteiger partial charge < -0.3 is 19.7 Å². The number of carbonyl (C=O) groups is 1. The predicted molar refractivity (Wildman–Crippen MR) is 174 cm³/mol. The summed E-state index contributed by atoms with van der Waals surface area (Å²) in [7, 11) is 3.67. The van der Waals surface area contributed by atoms with Crippen LogP contribution in [-0.2, 0) is 12.7 Å². The van der Waals surface area contributed by atoms with E-state index in [2.05, 4.69) is 27.6 Å². The van der Waals surface area contributed by atoms with Gasteiger partial charge in [0.2, 0.25) is 0 Å². The highest BCUT2D eigenvalue weighted by atomic mass is 19.4. The fourth-order valence-corrected chi connectivity index (χ4v) is 5.60. The first-order valence-corrected chi connectivity index (χ1v) is 15.3. The van der Waals surface area contributed by atoms with Gasteiger partial charge in [0.15, 0.2) is 5.69 Å². The summed E-state index contributed by atoms with van der Waals surface area (Å²) < 4.78 is 54.2. The quantitative estimate of drug-likeness (QED) is 0.181. The van der Waals surface area contributed by atoms with Crippen LogP contribution < -0.4 is 14.8 Å². The van der Waals surface area contributed by atoms with Crippen LogP contribution in [0.5, 0.6) is 11.5 Å². The summed E-state index contributed by atoms with van der Waals surface area (Å²) in [4.78, 5) is 15.4. The summed E-state index contributed by atoms with van der Waals surface area (Å²) in [6, 6.07) is 25.5. The molecule has 1 aromatic heterocycles. The van der Waals surface area contributed by atoms with Crippen LogP contribution in [-0.4, -0.2) is 59.2 Å². The van der Waals surface area contributed by atoms with Gasteiger partial charge in [-0.15, -0.1) is 5.10 Å². The number of alkyl halides is 3. The van der Waals surface area contributed by atoms with E-state index in [4.69, 9.17) is 9.47 Å². The minimum Gasteiger partial charge on any atom is -0.497 e. The van der Waals surface area contributed by atoms with E-state index in [1.54, 1.807) is 48.3 Å². The highest BCUT2D eigenvalue weighted by molar-refractivity contribution is 6.03. The Labute approximate surface area is 270 Å². The van der Waals surface area contributed by atoms with Crippen LogP contribution in [0.4, 0.5) is 18.9 Å². The molecule has 1 fully saturated rings. The maximum Gasteiger partial charge on any atom is 0.416 e. The zero-order chi connectivity index (χ0) is 33.0. The highest BCUT2D eigenvalue weighted by Crippen LogP contribution is 2.39. The van der Waals surface area contributed by atoms with Gasteiger partial charge in [-0.2, -0.15) is 13.2 Å². The molecule has 1 aliphatic rings. The topological polar surface area (TPSA) is 81.5 Å². The number of amides is 1. The highest BCUT2D eigenvalue weighted by Gasteiger charge is 2.30. The zero-order valence-corrected chi connectivity index (χ0v) is 26.0. The lowest BCUT2D eigenvalue weighted by molar-refractivity contribution is -0.137. The average Bonchev–Trinajstić information content (AvgIpc) is 3.55. The first-order valence-electron chi connectivity index (χ1n) is 15.3. The normalized spacial score (nSPS) is 14.1. The van der Waals surface area contributed by atoms with E-state index in [0.29, 0.717) is 40.2 Å². The molecule has 0 bridgehead atoms. The minimum atomic E-state index is -4.49. The molecule has 1 amide bonds. The van der Waals surface area contributed by atoms with Crippen molar-refractivity contribution in [1.82, 2.24) is 19.9 Å². The van der Waals surface area contributed by atoms with Crippen LogP contribution in [0.25, 0.3) is 22.3 Å². The van der Waals surface area contributed by atoms with Crippen molar-refractivity contribution < 1.29 is 27.4 Å². The van der Waals surface area contributed by atoms with E-state index in [1.165, 1.54) is 6.07 Å². The number of aromatic nitrogens is 3. The van der Waals surface area contributed by atoms with Gasteiger partial charge in [-0.05, 0) is 96.2 Å². The molecule has 11 heteroatoms.